The zero-order valence-corrected chi connectivity index (χ0v) is 31.2. The highest BCUT2D eigenvalue weighted by Crippen LogP contribution is 2.39. The Balaban J connectivity index is 1.06. The minimum Gasteiger partial charge on any atom is -0.456 e. The molecule has 12 rings (SSSR count). The molecule has 0 unspecified atom stereocenters. The number of thiophene rings is 1. The fourth-order valence-corrected chi connectivity index (χ4v) is 9.48. The fourth-order valence-electron chi connectivity index (χ4n) is 8.34. The molecule has 12 aromatic rings. The number of benzene rings is 8. The standard InChI is InChI=1S/C51H30N4OS/c1-2-11-31(12-3-1)32-21-24-38-37-15-4-7-18-43(37)55(44(38)29-32)36-14-10-13-33(27-36)49-52-50(34-23-26-46-42(28-34)39-16-5-8-19-45(39)56-46)54-51(53-49)35-22-25-41-40-17-6-9-20-47(40)57-48(41)30-35/h1-30H. The molecular formula is C51H30N4OS. The average Bonchev–Trinajstić information content (AvgIpc) is 3.95. The summed E-state index contributed by atoms with van der Waals surface area (Å²) in [6, 6.07) is 64.0. The van der Waals surface area contributed by atoms with Crippen LogP contribution in [0.5, 0.6) is 0 Å². The molecule has 0 fully saturated rings. The summed E-state index contributed by atoms with van der Waals surface area (Å²) in [5.41, 5.74) is 10.1. The molecule has 0 bridgehead atoms. The Morgan fingerprint density at radius 3 is 1.81 bits per heavy atom. The number of furan rings is 1. The van der Waals surface area contributed by atoms with Gasteiger partial charge in [-0.1, -0.05) is 121 Å². The van der Waals surface area contributed by atoms with Crippen molar-refractivity contribution in [3.05, 3.63) is 182 Å². The van der Waals surface area contributed by atoms with Gasteiger partial charge in [-0.05, 0) is 71.8 Å². The van der Waals surface area contributed by atoms with E-state index in [9.17, 15) is 0 Å². The van der Waals surface area contributed by atoms with Gasteiger partial charge >= 0.3 is 0 Å². The van der Waals surface area contributed by atoms with Crippen LogP contribution in [0.3, 0.4) is 0 Å². The van der Waals surface area contributed by atoms with Crippen molar-refractivity contribution in [3.8, 4) is 51.0 Å². The molecule has 0 atom stereocenters. The van der Waals surface area contributed by atoms with Gasteiger partial charge in [-0.2, -0.15) is 0 Å². The molecule has 4 heterocycles. The number of para-hydroxylation sites is 2. The third kappa shape index (κ3) is 5.19. The molecule has 0 aliphatic rings. The van der Waals surface area contributed by atoms with Crippen LogP contribution in [-0.2, 0) is 0 Å². The summed E-state index contributed by atoms with van der Waals surface area (Å²) in [7, 11) is 0. The highest BCUT2D eigenvalue weighted by Gasteiger charge is 2.18. The average molecular weight is 747 g/mol. The predicted octanol–water partition coefficient (Wildman–Crippen LogP) is 13.9. The van der Waals surface area contributed by atoms with E-state index in [1.165, 1.54) is 42.1 Å². The summed E-state index contributed by atoms with van der Waals surface area (Å²) in [5, 5.41) is 7.01. The number of nitrogens with zero attached hydrogens (tertiary/aromatic N) is 4. The lowest BCUT2D eigenvalue weighted by Gasteiger charge is -2.12. The summed E-state index contributed by atoms with van der Waals surface area (Å²) in [6.07, 6.45) is 0. The lowest BCUT2D eigenvalue weighted by molar-refractivity contribution is 0.669. The maximum atomic E-state index is 6.18. The molecule has 5 nitrogen and oxygen atoms in total. The quantitative estimate of drug-likeness (QED) is 0.176. The van der Waals surface area contributed by atoms with Crippen molar-refractivity contribution >= 4 is 75.3 Å². The molecule has 0 aliphatic heterocycles. The van der Waals surface area contributed by atoms with Crippen LogP contribution in [0, 0.1) is 0 Å². The highest BCUT2D eigenvalue weighted by atomic mass is 32.1. The maximum Gasteiger partial charge on any atom is 0.164 e. The molecule has 0 aliphatic carbocycles. The molecule has 0 saturated heterocycles. The molecule has 6 heteroatoms. The third-order valence-electron chi connectivity index (χ3n) is 11.1. The molecule has 4 aromatic heterocycles. The van der Waals surface area contributed by atoms with E-state index < -0.39 is 0 Å². The van der Waals surface area contributed by atoms with Gasteiger partial charge in [0.25, 0.3) is 0 Å². The molecular weight excluding hydrogens is 717 g/mol. The Morgan fingerprint density at radius 2 is 0.947 bits per heavy atom. The van der Waals surface area contributed by atoms with E-state index in [1.807, 2.05) is 30.3 Å². The minimum absolute atomic E-state index is 0.605. The zero-order valence-electron chi connectivity index (χ0n) is 30.4. The van der Waals surface area contributed by atoms with E-state index in [4.69, 9.17) is 19.4 Å². The van der Waals surface area contributed by atoms with Gasteiger partial charge < -0.3 is 8.98 Å². The lowest BCUT2D eigenvalue weighted by Crippen LogP contribution is -2.01. The monoisotopic (exact) mass is 746 g/mol. The SMILES string of the molecule is c1ccc(-c2ccc3c4ccccc4n(-c4cccc(-c5nc(-c6ccc7c(c6)sc6ccccc67)nc(-c6ccc7oc8ccccc8c7c6)n5)c4)c3c2)cc1. The molecule has 0 saturated carbocycles. The first-order valence-electron chi connectivity index (χ1n) is 19.0. The maximum absolute atomic E-state index is 6.18. The van der Waals surface area contributed by atoms with Crippen molar-refractivity contribution in [1.29, 1.82) is 0 Å². The number of aromatic nitrogens is 4. The van der Waals surface area contributed by atoms with Gasteiger partial charge in [-0.25, -0.2) is 15.0 Å². The molecule has 8 aromatic carbocycles. The van der Waals surface area contributed by atoms with Crippen LogP contribution in [0.25, 0.3) is 115 Å². The van der Waals surface area contributed by atoms with Gasteiger partial charge in [-0.15, -0.1) is 11.3 Å². The Labute approximate surface area is 330 Å². The molecule has 0 amide bonds. The van der Waals surface area contributed by atoms with Gasteiger partial charge in [0.2, 0.25) is 0 Å². The highest BCUT2D eigenvalue weighted by molar-refractivity contribution is 7.25. The Bertz CT molecular complexity index is 3540. The van der Waals surface area contributed by atoms with Crippen LogP contribution < -0.4 is 0 Å². The van der Waals surface area contributed by atoms with Crippen molar-refractivity contribution in [2.45, 2.75) is 0 Å². The minimum atomic E-state index is 0.605. The van der Waals surface area contributed by atoms with Gasteiger partial charge in [0.15, 0.2) is 17.5 Å². The van der Waals surface area contributed by atoms with Crippen LogP contribution in [0.1, 0.15) is 0 Å². The summed E-state index contributed by atoms with van der Waals surface area (Å²) in [5.74, 6) is 1.84. The molecule has 0 radical (unpaired) electrons. The second kappa shape index (κ2) is 12.6. The van der Waals surface area contributed by atoms with E-state index in [0.29, 0.717) is 17.5 Å². The van der Waals surface area contributed by atoms with E-state index in [1.54, 1.807) is 11.3 Å². The van der Waals surface area contributed by atoms with Crippen LogP contribution in [0.15, 0.2) is 186 Å². The van der Waals surface area contributed by atoms with Gasteiger partial charge in [0, 0.05) is 64.1 Å². The van der Waals surface area contributed by atoms with Gasteiger partial charge in [0.05, 0.1) is 11.0 Å². The van der Waals surface area contributed by atoms with Crippen LogP contribution in [0.2, 0.25) is 0 Å². The van der Waals surface area contributed by atoms with Gasteiger partial charge in [-0.3, -0.25) is 0 Å². The van der Waals surface area contributed by atoms with E-state index in [2.05, 4.69) is 156 Å². The Hall–Kier alpha value is -7.41. The summed E-state index contributed by atoms with van der Waals surface area (Å²) >= 11 is 1.79. The van der Waals surface area contributed by atoms with E-state index in [-0.39, 0.29) is 0 Å². The second-order valence-corrected chi connectivity index (χ2v) is 15.5. The normalized spacial score (nSPS) is 11.9. The first-order valence-corrected chi connectivity index (χ1v) is 19.8. The van der Waals surface area contributed by atoms with Crippen molar-refractivity contribution in [3.63, 3.8) is 0 Å². The molecule has 0 spiro atoms. The zero-order chi connectivity index (χ0) is 37.5. The number of fused-ring (bicyclic) bond motifs is 9. The van der Waals surface area contributed by atoms with Crippen molar-refractivity contribution in [2.75, 3.05) is 0 Å². The predicted molar refractivity (Wildman–Crippen MR) is 236 cm³/mol. The van der Waals surface area contributed by atoms with E-state index in [0.717, 1.165) is 55.3 Å². The number of rotatable bonds is 5. The van der Waals surface area contributed by atoms with Crippen molar-refractivity contribution in [2.24, 2.45) is 0 Å². The third-order valence-corrected chi connectivity index (χ3v) is 12.2. The first kappa shape index (κ1) is 31.9. The summed E-state index contributed by atoms with van der Waals surface area (Å²) in [4.78, 5) is 15.6. The van der Waals surface area contributed by atoms with Crippen LogP contribution >= 0.6 is 11.3 Å². The smallest absolute Gasteiger partial charge is 0.164 e. The molecule has 266 valence electrons. The second-order valence-electron chi connectivity index (χ2n) is 14.4. The molecule has 0 N–H and O–H groups in total. The van der Waals surface area contributed by atoms with Crippen LogP contribution in [-0.4, -0.2) is 19.5 Å². The van der Waals surface area contributed by atoms with Crippen molar-refractivity contribution in [1.82, 2.24) is 19.5 Å². The first-order chi connectivity index (χ1) is 28.2. The Morgan fingerprint density at radius 1 is 0.351 bits per heavy atom. The Kier molecular flexibility index (Phi) is 7.03. The summed E-state index contributed by atoms with van der Waals surface area (Å²) < 4.78 is 11.0. The van der Waals surface area contributed by atoms with Crippen LogP contribution in [0.4, 0.5) is 0 Å². The largest absolute Gasteiger partial charge is 0.456 e. The molecule has 57 heavy (non-hydrogen) atoms. The lowest BCUT2D eigenvalue weighted by atomic mass is 10.0. The van der Waals surface area contributed by atoms with Crippen molar-refractivity contribution < 1.29 is 4.42 Å². The van der Waals surface area contributed by atoms with E-state index >= 15 is 0 Å². The topological polar surface area (TPSA) is 56.7 Å². The summed E-state index contributed by atoms with van der Waals surface area (Å²) in [6.45, 7) is 0. The number of hydrogen-bond donors (Lipinski definition) is 0. The number of hydrogen-bond acceptors (Lipinski definition) is 5. The van der Waals surface area contributed by atoms with Gasteiger partial charge in [0.1, 0.15) is 11.2 Å². The fraction of sp³-hybridized carbons (Fsp3) is 0.